The van der Waals surface area contributed by atoms with Gasteiger partial charge in [-0.25, -0.2) is 0 Å². The van der Waals surface area contributed by atoms with Crippen LogP contribution >= 0.6 is 0 Å². The first kappa shape index (κ1) is 9.20. The van der Waals surface area contributed by atoms with E-state index in [1.54, 1.807) is 0 Å². The van der Waals surface area contributed by atoms with Gasteiger partial charge in [-0.1, -0.05) is 18.6 Å². The largest absolute Gasteiger partial charge is 0.253 e. The summed E-state index contributed by atoms with van der Waals surface area (Å²) in [7, 11) is 0. The molecule has 1 heteroatoms. The van der Waals surface area contributed by atoms with Crippen molar-refractivity contribution >= 4 is 10.9 Å². The van der Waals surface area contributed by atoms with Crippen LogP contribution in [0.4, 0.5) is 0 Å². The third-order valence-electron chi connectivity index (χ3n) is 2.60. The Balaban J connectivity index is 2.73. The molecule has 14 heavy (non-hydrogen) atoms. The first-order chi connectivity index (χ1) is 6.70. The van der Waals surface area contributed by atoms with E-state index >= 15 is 0 Å². The van der Waals surface area contributed by atoms with Crippen molar-refractivity contribution < 1.29 is 0 Å². The summed E-state index contributed by atoms with van der Waals surface area (Å²) in [5.41, 5.74) is 4.91. The minimum absolute atomic E-state index is 1.01. The lowest BCUT2D eigenvalue weighted by atomic mass is 10.1. The first-order valence-electron chi connectivity index (χ1n) is 5.07. The zero-order chi connectivity index (χ0) is 10.1. The molecule has 0 amide bonds. The van der Waals surface area contributed by atoms with Gasteiger partial charge >= 0.3 is 0 Å². The summed E-state index contributed by atoms with van der Waals surface area (Å²) in [6, 6.07) is 8.64. The molecule has 0 aliphatic rings. The lowest BCUT2D eigenvalue weighted by molar-refractivity contribution is 1.03. The van der Waals surface area contributed by atoms with Crippen LogP contribution < -0.4 is 0 Å². The SMILES string of the molecule is CCc1nc2ccc(C)cc2cc1C. The fourth-order valence-corrected chi connectivity index (χ4v) is 1.80. The fourth-order valence-electron chi connectivity index (χ4n) is 1.80. The number of nitrogens with zero attached hydrogens (tertiary/aromatic N) is 1. The maximum Gasteiger partial charge on any atom is 0.0705 e. The van der Waals surface area contributed by atoms with E-state index in [1.807, 2.05) is 0 Å². The third-order valence-corrected chi connectivity index (χ3v) is 2.60. The van der Waals surface area contributed by atoms with Crippen molar-refractivity contribution in [2.45, 2.75) is 27.2 Å². The highest BCUT2D eigenvalue weighted by atomic mass is 14.7. The fraction of sp³-hybridized carbons (Fsp3) is 0.308. The summed E-state index contributed by atoms with van der Waals surface area (Å²) in [5, 5.41) is 1.25. The zero-order valence-electron chi connectivity index (χ0n) is 8.96. The Morgan fingerprint density at radius 2 is 1.93 bits per heavy atom. The van der Waals surface area contributed by atoms with Crippen molar-refractivity contribution in [1.29, 1.82) is 0 Å². The smallest absolute Gasteiger partial charge is 0.0705 e. The van der Waals surface area contributed by atoms with Gasteiger partial charge in [0.1, 0.15) is 0 Å². The van der Waals surface area contributed by atoms with Gasteiger partial charge in [-0.05, 0) is 44.0 Å². The van der Waals surface area contributed by atoms with E-state index in [4.69, 9.17) is 0 Å². The van der Waals surface area contributed by atoms with Gasteiger partial charge in [0.2, 0.25) is 0 Å². The third kappa shape index (κ3) is 1.50. The summed E-state index contributed by atoms with van der Waals surface area (Å²) in [6.45, 7) is 6.39. The van der Waals surface area contributed by atoms with E-state index < -0.39 is 0 Å². The van der Waals surface area contributed by atoms with Crippen LogP contribution in [0, 0.1) is 13.8 Å². The molecule has 1 aromatic heterocycles. The number of pyridine rings is 1. The molecule has 0 radical (unpaired) electrons. The molecule has 0 atom stereocenters. The van der Waals surface area contributed by atoms with Crippen LogP contribution in [0.2, 0.25) is 0 Å². The summed E-state index contributed by atoms with van der Waals surface area (Å²) in [5.74, 6) is 0. The highest BCUT2D eigenvalue weighted by molar-refractivity contribution is 5.80. The molecule has 0 fully saturated rings. The summed E-state index contributed by atoms with van der Waals surface area (Å²) >= 11 is 0. The Morgan fingerprint density at radius 3 is 2.64 bits per heavy atom. The second-order valence-electron chi connectivity index (χ2n) is 3.80. The van der Waals surface area contributed by atoms with Crippen LogP contribution in [-0.2, 0) is 6.42 Å². The van der Waals surface area contributed by atoms with Gasteiger partial charge in [0.25, 0.3) is 0 Å². The second-order valence-corrected chi connectivity index (χ2v) is 3.80. The average Bonchev–Trinajstić information content (AvgIpc) is 2.16. The average molecular weight is 185 g/mol. The molecular weight excluding hydrogens is 170 g/mol. The Hall–Kier alpha value is -1.37. The Bertz CT molecular complexity index is 472. The summed E-state index contributed by atoms with van der Waals surface area (Å²) < 4.78 is 0. The molecule has 1 aromatic carbocycles. The molecule has 0 spiro atoms. The molecule has 0 unspecified atom stereocenters. The highest BCUT2D eigenvalue weighted by Gasteiger charge is 2.01. The number of fused-ring (bicyclic) bond motifs is 1. The van der Waals surface area contributed by atoms with Crippen molar-refractivity contribution in [1.82, 2.24) is 4.98 Å². The topological polar surface area (TPSA) is 12.9 Å². The lowest BCUT2D eigenvalue weighted by Crippen LogP contribution is -1.92. The van der Waals surface area contributed by atoms with E-state index in [1.165, 1.54) is 22.2 Å². The molecule has 1 nitrogen and oxygen atoms in total. The van der Waals surface area contributed by atoms with Gasteiger partial charge in [0.05, 0.1) is 5.52 Å². The van der Waals surface area contributed by atoms with Crippen LogP contribution in [0.25, 0.3) is 10.9 Å². The number of aromatic nitrogens is 1. The van der Waals surface area contributed by atoms with Crippen LogP contribution in [0.5, 0.6) is 0 Å². The second kappa shape index (κ2) is 3.41. The van der Waals surface area contributed by atoms with Crippen molar-refractivity contribution in [3.05, 3.63) is 41.1 Å². The van der Waals surface area contributed by atoms with E-state index in [0.29, 0.717) is 0 Å². The maximum absolute atomic E-state index is 4.63. The predicted molar refractivity (Wildman–Crippen MR) is 60.6 cm³/mol. The van der Waals surface area contributed by atoms with Crippen molar-refractivity contribution in [2.24, 2.45) is 0 Å². The van der Waals surface area contributed by atoms with Crippen molar-refractivity contribution in [3.8, 4) is 0 Å². The van der Waals surface area contributed by atoms with Gasteiger partial charge in [0.15, 0.2) is 0 Å². The lowest BCUT2D eigenvalue weighted by Gasteiger charge is -2.05. The van der Waals surface area contributed by atoms with Crippen molar-refractivity contribution in [2.75, 3.05) is 0 Å². The molecule has 2 rings (SSSR count). The highest BCUT2D eigenvalue weighted by Crippen LogP contribution is 2.17. The molecule has 0 bridgehead atoms. The van der Waals surface area contributed by atoms with E-state index in [2.05, 4.69) is 50.0 Å². The minimum Gasteiger partial charge on any atom is -0.253 e. The zero-order valence-corrected chi connectivity index (χ0v) is 8.96. The number of rotatable bonds is 1. The van der Waals surface area contributed by atoms with Crippen LogP contribution in [0.3, 0.4) is 0 Å². The quantitative estimate of drug-likeness (QED) is 0.663. The summed E-state index contributed by atoms with van der Waals surface area (Å²) in [4.78, 5) is 4.63. The molecule has 2 aromatic rings. The number of benzene rings is 1. The van der Waals surface area contributed by atoms with Crippen molar-refractivity contribution in [3.63, 3.8) is 0 Å². The van der Waals surface area contributed by atoms with Gasteiger partial charge < -0.3 is 0 Å². The van der Waals surface area contributed by atoms with E-state index in [0.717, 1.165) is 11.9 Å². The number of aryl methyl sites for hydroxylation is 3. The Morgan fingerprint density at radius 1 is 1.14 bits per heavy atom. The maximum atomic E-state index is 4.63. The van der Waals surface area contributed by atoms with Gasteiger partial charge in [-0.15, -0.1) is 0 Å². The number of hydrogen-bond donors (Lipinski definition) is 0. The van der Waals surface area contributed by atoms with Crippen LogP contribution in [-0.4, -0.2) is 4.98 Å². The monoisotopic (exact) mass is 185 g/mol. The van der Waals surface area contributed by atoms with Gasteiger partial charge in [-0.3, -0.25) is 4.98 Å². The normalized spacial score (nSPS) is 10.8. The molecule has 0 N–H and O–H groups in total. The van der Waals surface area contributed by atoms with E-state index in [9.17, 15) is 0 Å². The predicted octanol–water partition coefficient (Wildman–Crippen LogP) is 3.41. The van der Waals surface area contributed by atoms with Crippen LogP contribution in [0.15, 0.2) is 24.3 Å². The molecular formula is C13H15N. The molecule has 72 valence electrons. The standard InChI is InChI=1S/C13H15N/c1-4-12-10(3)8-11-7-9(2)5-6-13(11)14-12/h5-8H,4H2,1-3H3. The van der Waals surface area contributed by atoms with Gasteiger partial charge in [0, 0.05) is 11.1 Å². The molecule has 0 saturated carbocycles. The number of hydrogen-bond acceptors (Lipinski definition) is 1. The summed E-state index contributed by atoms with van der Waals surface area (Å²) in [6.07, 6.45) is 1.01. The Labute approximate surface area is 84.8 Å². The van der Waals surface area contributed by atoms with Crippen LogP contribution in [0.1, 0.15) is 23.7 Å². The minimum atomic E-state index is 1.01. The van der Waals surface area contributed by atoms with Gasteiger partial charge in [-0.2, -0.15) is 0 Å². The molecule has 0 aliphatic carbocycles. The molecule has 1 heterocycles. The molecule has 0 saturated heterocycles. The Kier molecular flexibility index (Phi) is 2.24. The molecule has 0 aliphatic heterocycles. The first-order valence-corrected chi connectivity index (χ1v) is 5.07. The van der Waals surface area contributed by atoms with E-state index in [-0.39, 0.29) is 0 Å².